The number of aromatic nitrogens is 1. The van der Waals surface area contributed by atoms with E-state index in [9.17, 15) is 4.79 Å². The molecule has 3 nitrogen and oxygen atoms in total. The van der Waals surface area contributed by atoms with Crippen molar-refractivity contribution in [3.8, 4) is 11.3 Å². The Kier molecular flexibility index (Phi) is 2.96. The molecule has 1 heterocycles. The summed E-state index contributed by atoms with van der Waals surface area (Å²) in [6.07, 6.45) is 2.29. The summed E-state index contributed by atoms with van der Waals surface area (Å²) in [6.45, 7) is 2.05. The molecular weight excluding hydrogens is 200 g/mol. The number of aryl methyl sites for hydroxylation is 1. The fraction of sp³-hybridized carbons (Fsp3) is 0.0769. The van der Waals surface area contributed by atoms with Crippen LogP contribution in [0.1, 0.15) is 5.56 Å². The zero-order chi connectivity index (χ0) is 11.4. The molecule has 3 heteroatoms. The van der Waals surface area contributed by atoms with E-state index in [4.69, 9.17) is 0 Å². The smallest absolute Gasteiger partial charge is 0.211 e. The van der Waals surface area contributed by atoms with Crippen LogP contribution in [-0.4, -0.2) is 11.4 Å². The highest BCUT2D eigenvalue weighted by molar-refractivity contribution is 5.71. The lowest BCUT2D eigenvalue weighted by Gasteiger charge is -2.03. The number of hydrogen-bond donors (Lipinski definition) is 1. The van der Waals surface area contributed by atoms with Crippen molar-refractivity contribution in [3.05, 3.63) is 48.2 Å². The topological polar surface area (TPSA) is 42.0 Å². The van der Waals surface area contributed by atoms with Crippen molar-refractivity contribution < 1.29 is 4.79 Å². The third kappa shape index (κ3) is 2.25. The number of rotatable bonds is 3. The molecule has 80 valence electrons. The third-order valence-electron chi connectivity index (χ3n) is 2.30. The molecule has 0 aliphatic heterocycles. The lowest BCUT2D eigenvalue weighted by atomic mass is 10.1. The molecule has 2 rings (SSSR count). The molecule has 0 bridgehead atoms. The zero-order valence-corrected chi connectivity index (χ0v) is 8.97. The predicted octanol–water partition coefficient (Wildman–Crippen LogP) is 2.63. The second-order valence-electron chi connectivity index (χ2n) is 3.56. The number of nitrogens with one attached hydrogen (secondary N) is 1. The quantitative estimate of drug-likeness (QED) is 0.794. The largest absolute Gasteiger partial charge is 0.327 e. The van der Waals surface area contributed by atoms with Crippen molar-refractivity contribution in [2.75, 3.05) is 5.32 Å². The summed E-state index contributed by atoms with van der Waals surface area (Å²) < 4.78 is 0. The Balaban J connectivity index is 2.31. The molecule has 0 saturated carbocycles. The van der Waals surface area contributed by atoms with Gasteiger partial charge in [0.05, 0.1) is 17.6 Å². The van der Waals surface area contributed by atoms with Crippen molar-refractivity contribution in [1.82, 2.24) is 4.98 Å². The van der Waals surface area contributed by atoms with Crippen LogP contribution >= 0.6 is 0 Å². The summed E-state index contributed by atoms with van der Waals surface area (Å²) in [5.74, 6) is 0. The molecule has 0 radical (unpaired) electrons. The van der Waals surface area contributed by atoms with Crippen LogP contribution in [0.4, 0.5) is 5.69 Å². The standard InChI is InChI=1S/C13H12N2O/c1-10-3-2-4-11(7-10)13-6-5-12(8-14-13)15-9-16/h2-9H,1H3,(H,15,16). The summed E-state index contributed by atoms with van der Waals surface area (Å²) in [6, 6.07) is 11.9. The molecule has 1 N–H and O–H groups in total. The number of benzene rings is 1. The monoisotopic (exact) mass is 212 g/mol. The first kappa shape index (κ1) is 10.4. The zero-order valence-electron chi connectivity index (χ0n) is 8.97. The van der Waals surface area contributed by atoms with E-state index < -0.39 is 0 Å². The number of pyridine rings is 1. The number of carbonyl (C=O) groups excluding carboxylic acids is 1. The van der Waals surface area contributed by atoms with E-state index in [0.29, 0.717) is 12.1 Å². The Hall–Kier alpha value is -2.16. The Morgan fingerprint density at radius 3 is 2.75 bits per heavy atom. The third-order valence-corrected chi connectivity index (χ3v) is 2.30. The molecule has 0 saturated heterocycles. The minimum Gasteiger partial charge on any atom is -0.327 e. The van der Waals surface area contributed by atoms with Gasteiger partial charge in [-0.1, -0.05) is 23.8 Å². The fourth-order valence-electron chi connectivity index (χ4n) is 1.52. The van der Waals surface area contributed by atoms with Gasteiger partial charge in [-0.25, -0.2) is 0 Å². The highest BCUT2D eigenvalue weighted by Gasteiger charge is 1.99. The van der Waals surface area contributed by atoms with Crippen molar-refractivity contribution >= 4 is 12.1 Å². The van der Waals surface area contributed by atoms with E-state index >= 15 is 0 Å². The van der Waals surface area contributed by atoms with Gasteiger partial charge in [-0.05, 0) is 25.1 Å². The second kappa shape index (κ2) is 4.57. The van der Waals surface area contributed by atoms with Gasteiger partial charge in [0.1, 0.15) is 0 Å². The van der Waals surface area contributed by atoms with Gasteiger partial charge < -0.3 is 5.32 Å². The Labute approximate surface area is 94.1 Å². The first-order chi connectivity index (χ1) is 7.79. The number of nitrogens with zero attached hydrogens (tertiary/aromatic N) is 1. The van der Waals surface area contributed by atoms with Crippen LogP contribution < -0.4 is 5.32 Å². The maximum absolute atomic E-state index is 10.2. The normalized spacial score (nSPS) is 9.81. The Morgan fingerprint density at radius 2 is 2.12 bits per heavy atom. The molecular formula is C13H12N2O. The minimum absolute atomic E-state index is 0.642. The van der Waals surface area contributed by atoms with Crippen molar-refractivity contribution in [2.45, 2.75) is 6.92 Å². The number of anilines is 1. The van der Waals surface area contributed by atoms with E-state index in [0.717, 1.165) is 11.3 Å². The summed E-state index contributed by atoms with van der Waals surface area (Å²) in [5.41, 5.74) is 3.89. The summed E-state index contributed by atoms with van der Waals surface area (Å²) in [4.78, 5) is 14.5. The Bertz CT molecular complexity index is 492. The van der Waals surface area contributed by atoms with Crippen LogP contribution in [0.2, 0.25) is 0 Å². The van der Waals surface area contributed by atoms with Gasteiger partial charge in [0, 0.05) is 5.56 Å². The van der Waals surface area contributed by atoms with Gasteiger partial charge in [0.25, 0.3) is 0 Å². The first-order valence-corrected chi connectivity index (χ1v) is 5.03. The van der Waals surface area contributed by atoms with Crippen LogP contribution in [-0.2, 0) is 4.79 Å². The molecule has 0 fully saturated rings. The van der Waals surface area contributed by atoms with E-state index in [1.54, 1.807) is 6.20 Å². The molecule has 2 aromatic rings. The van der Waals surface area contributed by atoms with Crippen LogP contribution in [0.25, 0.3) is 11.3 Å². The van der Waals surface area contributed by atoms with E-state index in [1.165, 1.54) is 5.56 Å². The molecule has 0 aliphatic carbocycles. The van der Waals surface area contributed by atoms with Gasteiger partial charge in [-0.2, -0.15) is 0 Å². The Morgan fingerprint density at radius 1 is 1.25 bits per heavy atom. The number of amides is 1. The molecule has 1 aromatic carbocycles. The summed E-state index contributed by atoms with van der Waals surface area (Å²) in [7, 11) is 0. The van der Waals surface area contributed by atoms with Crippen LogP contribution in [0.15, 0.2) is 42.6 Å². The SMILES string of the molecule is Cc1cccc(-c2ccc(NC=O)cn2)c1. The average Bonchev–Trinajstić information content (AvgIpc) is 2.30. The summed E-state index contributed by atoms with van der Waals surface area (Å²) in [5, 5.41) is 2.55. The van der Waals surface area contributed by atoms with Crippen molar-refractivity contribution in [3.63, 3.8) is 0 Å². The second-order valence-corrected chi connectivity index (χ2v) is 3.56. The molecule has 0 spiro atoms. The van der Waals surface area contributed by atoms with Gasteiger partial charge >= 0.3 is 0 Å². The van der Waals surface area contributed by atoms with E-state index in [-0.39, 0.29) is 0 Å². The highest BCUT2D eigenvalue weighted by Crippen LogP contribution is 2.19. The average molecular weight is 212 g/mol. The molecule has 1 aromatic heterocycles. The molecule has 0 unspecified atom stereocenters. The predicted molar refractivity (Wildman–Crippen MR) is 64.1 cm³/mol. The van der Waals surface area contributed by atoms with E-state index in [2.05, 4.69) is 16.4 Å². The van der Waals surface area contributed by atoms with Gasteiger partial charge in [-0.15, -0.1) is 0 Å². The van der Waals surface area contributed by atoms with Crippen LogP contribution in [0, 0.1) is 6.92 Å². The molecule has 1 amide bonds. The molecule has 0 atom stereocenters. The first-order valence-electron chi connectivity index (χ1n) is 5.03. The fourth-order valence-corrected chi connectivity index (χ4v) is 1.52. The summed E-state index contributed by atoms with van der Waals surface area (Å²) >= 11 is 0. The lowest BCUT2D eigenvalue weighted by molar-refractivity contribution is -0.105. The van der Waals surface area contributed by atoms with Crippen LogP contribution in [0.3, 0.4) is 0 Å². The number of hydrogen-bond acceptors (Lipinski definition) is 2. The van der Waals surface area contributed by atoms with Gasteiger partial charge in [0.2, 0.25) is 6.41 Å². The van der Waals surface area contributed by atoms with Crippen LogP contribution in [0.5, 0.6) is 0 Å². The van der Waals surface area contributed by atoms with Gasteiger partial charge in [0.15, 0.2) is 0 Å². The highest BCUT2D eigenvalue weighted by atomic mass is 16.1. The molecule has 0 aliphatic rings. The number of carbonyl (C=O) groups is 1. The van der Waals surface area contributed by atoms with Gasteiger partial charge in [-0.3, -0.25) is 9.78 Å². The van der Waals surface area contributed by atoms with E-state index in [1.807, 2.05) is 37.3 Å². The maximum atomic E-state index is 10.2. The minimum atomic E-state index is 0.642. The molecule has 16 heavy (non-hydrogen) atoms. The maximum Gasteiger partial charge on any atom is 0.211 e. The van der Waals surface area contributed by atoms with Crippen molar-refractivity contribution in [1.29, 1.82) is 0 Å². The lowest BCUT2D eigenvalue weighted by Crippen LogP contribution is -1.94. The van der Waals surface area contributed by atoms with Crippen molar-refractivity contribution in [2.24, 2.45) is 0 Å².